The summed E-state index contributed by atoms with van der Waals surface area (Å²) in [5.74, 6) is 0.616. The van der Waals surface area contributed by atoms with Gasteiger partial charge in [0.15, 0.2) is 0 Å². The summed E-state index contributed by atoms with van der Waals surface area (Å²) < 4.78 is 150. The predicted octanol–water partition coefficient (Wildman–Crippen LogP) is 43.5. The molecular formula is C130H268N4O2. The molecule has 0 amide bonds. The molecule has 6 aliphatic rings. The molecular weight excluding hydrogens is 1650 g/mol. The van der Waals surface area contributed by atoms with E-state index in [-0.39, 0.29) is 185 Å². The van der Waals surface area contributed by atoms with Gasteiger partial charge in [-0.2, -0.15) is 0 Å². The Morgan fingerprint density at radius 2 is 0.699 bits per heavy atom. The summed E-state index contributed by atoms with van der Waals surface area (Å²) in [6.07, 6.45) is 18.0. The second kappa shape index (κ2) is 78.9. The number of morpholine rings is 2. The third kappa shape index (κ3) is 119. The molecule has 0 radical (unpaired) electrons. The first-order chi connectivity index (χ1) is 63.6. The molecule has 4 saturated carbocycles. The Morgan fingerprint density at radius 1 is 0.368 bits per heavy atom. The van der Waals surface area contributed by atoms with Gasteiger partial charge < -0.3 is 9.47 Å². The molecule has 2 saturated heterocycles. The molecule has 5 unspecified atom stereocenters. The summed E-state index contributed by atoms with van der Waals surface area (Å²) in [7, 11) is 0. The molecule has 10 rings (SSSR count). The topological polar surface area (TPSA) is 50.7 Å². The zero-order chi connectivity index (χ0) is 113. The highest BCUT2D eigenvalue weighted by Gasteiger charge is 2.34. The lowest BCUT2D eigenvalue weighted by Gasteiger charge is -2.34. The zero-order valence-electron chi connectivity index (χ0n) is 109. The molecule has 2 aromatic carbocycles. The summed E-state index contributed by atoms with van der Waals surface area (Å²) >= 11 is 0. The Bertz CT molecular complexity index is 3850. The van der Waals surface area contributed by atoms with Gasteiger partial charge >= 0.3 is 0 Å². The first kappa shape index (κ1) is 123. The number of aromatic nitrogens is 2. The van der Waals surface area contributed by atoms with Crippen LogP contribution in [0.5, 0.6) is 0 Å². The molecule has 2 aromatic heterocycles. The monoisotopic (exact) mass is 1940 g/mol. The van der Waals surface area contributed by atoms with Gasteiger partial charge in [0.1, 0.15) is 0 Å². The van der Waals surface area contributed by atoms with Crippen molar-refractivity contribution in [2.45, 2.75) is 541 Å². The van der Waals surface area contributed by atoms with Gasteiger partial charge in [0.25, 0.3) is 0 Å². The minimum Gasteiger partial charge on any atom is -0.379 e. The van der Waals surface area contributed by atoms with Crippen LogP contribution in [0.4, 0.5) is 0 Å². The van der Waals surface area contributed by atoms with Crippen LogP contribution in [-0.2, 0) is 35.1 Å². The van der Waals surface area contributed by atoms with Gasteiger partial charge in [0.2, 0.25) is 0 Å². The summed E-state index contributed by atoms with van der Waals surface area (Å²) in [4.78, 5) is 12.6. The predicted molar refractivity (Wildman–Crippen MR) is 639 cm³/mol. The maximum absolute atomic E-state index is 8.13. The molecule has 820 valence electrons. The van der Waals surface area contributed by atoms with Crippen molar-refractivity contribution in [2.75, 3.05) is 65.7 Å². The fourth-order valence-electron chi connectivity index (χ4n) is 11.4. The Balaban J connectivity index is -0.000000115. The fraction of sp³-hybridized carbons (Fsp3) is 0.831. The maximum Gasteiger partial charge on any atom is 0.0594 e. The quantitative estimate of drug-likeness (QED) is 0.118. The highest BCUT2D eigenvalue weighted by Crippen LogP contribution is 2.45. The lowest BCUT2D eigenvalue weighted by Crippen LogP contribution is -2.37. The average Bonchev–Trinajstić information content (AvgIpc) is 1.62. The average molecular weight is 1940 g/mol. The summed E-state index contributed by atoms with van der Waals surface area (Å²) in [5, 5.41) is 0. The molecule has 4 aromatic rings. The number of nitrogens with zero attached hydrogens (tertiary/aromatic N) is 4. The van der Waals surface area contributed by atoms with Crippen LogP contribution in [0.3, 0.4) is 0 Å². The van der Waals surface area contributed by atoms with E-state index in [2.05, 4.69) is 214 Å². The van der Waals surface area contributed by atoms with Crippen molar-refractivity contribution in [3.63, 3.8) is 0 Å². The van der Waals surface area contributed by atoms with Crippen LogP contribution >= 0.6 is 0 Å². The van der Waals surface area contributed by atoms with E-state index in [9.17, 15) is 0 Å². The number of ether oxygens (including phenoxy) is 2. The zero-order valence-corrected chi connectivity index (χ0v) is 91.1. The van der Waals surface area contributed by atoms with Crippen LogP contribution in [0.15, 0.2) is 110 Å². The minimum absolute atomic E-state index is 0. The number of rotatable bonds is 15. The minimum atomic E-state index is -1.81. The van der Waals surface area contributed by atoms with Crippen molar-refractivity contribution in [2.24, 2.45) is 105 Å². The van der Waals surface area contributed by atoms with Gasteiger partial charge in [-0.25, -0.2) is 0 Å². The van der Waals surface area contributed by atoms with E-state index in [1.165, 1.54) is 31.2 Å². The molecule has 0 N–H and O–H groups in total. The molecule has 0 bridgehead atoms. The van der Waals surface area contributed by atoms with Crippen LogP contribution in [0.1, 0.15) is 562 Å². The number of benzene rings is 2. The van der Waals surface area contributed by atoms with Gasteiger partial charge in [-0.1, -0.05) is 499 Å². The first-order valence-electron chi connectivity index (χ1n) is 58.1. The summed E-state index contributed by atoms with van der Waals surface area (Å²) in [6.45, 7) is 98.3. The van der Waals surface area contributed by atoms with E-state index in [1.54, 1.807) is 45.6 Å². The molecule has 0 spiro atoms. The van der Waals surface area contributed by atoms with Crippen molar-refractivity contribution in [3.8, 4) is 0 Å². The molecule has 136 heavy (non-hydrogen) atoms. The van der Waals surface area contributed by atoms with Crippen LogP contribution < -0.4 is 0 Å². The first-order valence-corrected chi connectivity index (χ1v) is 48.8. The third-order valence-corrected chi connectivity index (χ3v) is 20.9. The largest absolute Gasteiger partial charge is 0.379 e. The molecule has 2 aliphatic heterocycles. The van der Waals surface area contributed by atoms with E-state index in [1.807, 2.05) is 175 Å². The van der Waals surface area contributed by atoms with Crippen LogP contribution in [0, 0.1) is 105 Å². The molecule has 4 heterocycles. The smallest absolute Gasteiger partial charge is 0.0594 e. The third-order valence-electron chi connectivity index (χ3n) is 20.9. The number of hydrogen-bond acceptors (Lipinski definition) is 6. The maximum atomic E-state index is 8.13. The number of hydrogen-bond donors (Lipinski definition) is 0. The van der Waals surface area contributed by atoms with Crippen LogP contribution in [0.2, 0.25) is 0 Å². The molecule has 4 aliphatic carbocycles. The Labute approximate surface area is 893 Å². The SMILES string of the molecule is C.C.C.C.C.C.C.C.C.C.C.CC(C)(C)C(C)(C)C.[2H]C(C)(CC)C(C)(C)C.[2H]C(C1CC1)C(C)(C)C.[2H]C(CCN1CCOCC1)C(C)(C)C.[2H]C(Cc1ccncc1)C(C)(C)C.[2H]C([2H])(C1CC1)C(C)(C)C.[2H]C([2H])(CCN1CCOCC1)C(C)(C)C.[2H]C([2H])(Cc1ccncc1)C(C)(C)C.[2H]C([2H])([2H])C(C)(C)C.[2H]C([2H])(c1ccccc1)C(C)(C)C.[2H]C(c1ccccc1)C(C)(C)C.[2H]C1(C(C)(C)C)CC1.[2H]C1(C(C)(C)C)CCCC1. The van der Waals surface area contributed by atoms with Crippen molar-refractivity contribution in [1.82, 2.24) is 19.8 Å². The fourth-order valence-corrected chi connectivity index (χ4v) is 11.4. The highest BCUT2D eigenvalue weighted by atomic mass is 16.5. The lowest BCUT2D eigenvalue weighted by atomic mass is 9.71. The molecule has 5 atom stereocenters. The van der Waals surface area contributed by atoms with Crippen LogP contribution in [-0.4, -0.2) is 85.5 Å². The van der Waals surface area contributed by atoms with E-state index in [4.69, 9.17) is 34.1 Å². The van der Waals surface area contributed by atoms with E-state index in [0.717, 1.165) is 146 Å². The van der Waals surface area contributed by atoms with Crippen LogP contribution in [0.25, 0.3) is 0 Å². The van der Waals surface area contributed by atoms with Crippen molar-refractivity contribution >= 4 is 0 Å². The van der Waals surface area contributed by atoms with Crippen molar-refractivity contribution in [3.05, 3.63) is 132 Å². The number of pyridine rings is 2. The Hall–Kier alpha value is -3.42. The Morgan fingerprint density at radius 3 is 0.926 bits per heavy atom. The van der Waals surface area contributed by atoms with Gasteiger partial charge in [0.05, 0.1) is 26.4 Å². The molecule has 6 fully saturated rings. The van der Waals surface area contributed by atoms with Gasteiger partial charge in [-0.3, -0.25) is 19.8 Å². The van der Waals surface area contributed by atoms with Gasteiger partial charge in [-0.05, 0) is 267 Å². The number of aryl methyl sites for hydroxylation is 2. The van der Waals surface area contributed by atoms with Crippen molar-refractivity contribution in [1.29, 1.82) is 0 Å². The normalized spacial score (nSPS) is 19.4. The summed E-state index contributed by atoms with van der Waals surface area (Å²) in [5.41, 5.74) is 4.12. The lowest BCUT2D eigenvalue weighted by molar-refractivity contribution is 0.0361. The van der Waals surface area contributed by atoms with E-state index in [0.29, 0.717) is 29.6 Å². The highest BCUT2D eigenvalue weighted by molar-refractivity contribution is 5.17. The standard InChI is InChI=1S/2C11H23NO.2C11H17N.2C11H16.C9H18.2C8H16.2C8H18.C7H14.C5H12.11CH4/c2*1-11(2,3)5-4-6-12-7-9-13-10-8-12;2*1-11(2,3)7-4-10-5-8-12-9-6-10;2*1-11(2,3)9-10-7-5-4-6-8-10;1-9(2,3)8-6-4-5-7-8;2*1-8(2,3)6-7-4-5-7;1-7(2,3)8(4,5)6;1-6-7(2)8(3,4)5;1-7(2,3)6-4-5-6;1-5(2,3)4;;;;;;;;;;;/h2*4-10H2,1-3H3;2*5-6,8-9H,4,7H2,1-3H3;2*4-8H,9H2,1-3H3;8H,4-7H2,1-3H3;2*7H,4-6H2,1-3H3;1-6H3;7H,6H2,1-5H3;6H,4-5H2,1-3H3;1-4H3;11*1H4/i5D2;5D;7D2;7D;9D2;9D;8D;6D2;6D;;7D;6D;1D3;;;;;;;;;;;. The van der Waals surface area contributed by atoms with E-state index < -0.39 is 37.8 Å². The molecule has 6 heteroatoms. The Kier molecular flexibility index (Phi) is 71.4. The van der Waals surface area contributed by atoms with Gasteiger partial charge in [0, 0.05) is 75.6 Å². The van der Waals surface area contributed by atoms with Crippen molar-refractivity contribution < 1.29 is 34.1 Å². The van der Waals surface area contributed by atoms with Gasteiger partial charge in [-0.15, -0.1) is 0 Å². The second-order valence-electron chi connectivity index (χ2n) is 50.3. The summed E-state index contributed by atoms with van der Waals surface area (Å²) in [6, 6.07) is 27.0. The van der Waals surface area contributed by atoms with E-state index >= 15 is 0 Å². The second-order valence-corrected chi connectivity index (χ2v) is 50.3. The molecule has 6 nitrogen and oxygen atoms in total.